The molecule has 1 aliphatic heterocycles. The minimum absolute atomic E-state index is 0.0348. The van der Waals surface area contributed by atoms with Gasteiger partial charge in [-0.3, -0.25) is 4.79 Å². The Morgan fingerprint density at radius 2 is 1.96 bits per heavy atom. The Kier molecular flexibility index (Phi) is 6.33. The molecule has 0 saturated heterocycles. The van der Waals surface area contributed by atoms with Crippen molar-refractivity contribution in [1.82, 2.24) is 5.32 Å². The molecule has 2 atom stereocenters. The van der Waals surface area contributed by atoms with Gasteiger partial charge in [0.05, 0.1) is 13.2 Å². The Balaban J connectivity index is 1.57. The average molecular weight is 359 g/mol. The Labute approximate surface area is 155 Å². The number of carbonyl (C=O) groups is 1. The standard InChI is InChI=1S/C21H29NO4/c1-14(2)18-9-19(21(24)22-11-15-3-4-15)26-20(10-18)25-13-17-7-5-16(12-23)6-8-17/h5-9,14-15,18,20,23H,3-4,10-13H2,1-2H3,(H,22,24)/t18-,20+/m0/s1. The number of aliphatic hydroxyl groups is 1. The third kappa shape index (κ3) is 5.32. The fraction of sp³-hybridized carbons (Fsp3) is 0.571. The average Bonchev–Trinajstić information content (AvgIpc) is 3.49. The number of amides is 1. The normalized spacial score (nSPS) is 22.7. The van der Waals surface area contributed by atoms with Crippen LogP contribution < -0.4 is 5.32 Å². The molecule has 0 aromatic heterocycles. The highest BCUT2D eigenvalue weighted by molar-refractivity contribution is 5.91. The van der Waals surface area contributed by atoms with E-state index in [4.69, 9.17) is 14.6 Å². The van der Waals surface area contributed by atoms with Crippen molar-refractivity contribution >= 4 is 5.91 Å². The summed E-state index contributed by atoms with van der Waals surface area (Å²) in [7, 11) is 0. The summed E-state index contributed by atoms with van der Waals surface area (Å²) in [6.07, 6.45) is 4.67. The first-order valence-corrected chi connectivity index (χ1v) is 9.52. The van der Waals surface area contributed by atoms with Crippen molar-refractivity contribution in [1.29, 1.82) is 0 Å². The minimum atomic E-state index is -0.424. The maximum absolute atomic E-state index is 12.4. The second-order valence-corrected chi connectivity index (χ2v) is 7.66. The molecule has 5 nitrogen and oxygen atoms in total. The molecule has 5 heteroatoms. The number of carbonyl (C=O) groups excluding carboxylic acids is 1. The van der Waals surface area contributed by atoms with E-state index in [9.17, 15) is 4.79 Å². The Morgan fingerprint density at radius 3 is 2.58 bits per heavy atom. The van der Waals surface area contributed by atoms with E-state index in [1.807, 2.05) is 30.3 Å². The number of hydrogen-bond acceptors (Lipinski definition) is 4. The molecular formula is C21H29NO4. The molecule has 1 amide bonds. The second kappa shape index (κ2) is 8.69. The van der Waals surface area contributed by atoms with Gasteiger partial charge < -0.3 is 19.9 Å². The summed E-state index contributed by atoms with van der Waals surface area (Å²) in [6.45, 7) is 5.48. The van der Waals surface area contributed by atoms with E-state index >= 15 is 0 Å². The van der Waals surface area contributed by atoms with Gasteiger partial charge >= 0.3 is 0 Å². The van der Waals surface area contributed by atoms with E-state index < -0.39 is 6.29 Å². The largest absolute Gasteiger partial charge is 0.459 e. The molecule has 1 aromatic carbocycles. The van der Waals surface area contributed by atoms with Crippen molar-refractivity contribution in [2.75, 3.05) is 6.54 Å². The lowest BCUT2D eigenvalue weighted by molar-refractivity contribution is -0.154. The third-order valence-corrected chi connectivity index (χ3v) is 5.06. The highest BCUT2D eigenvalue weighted by atomic mass is 16.7. The summed E-state index contributed by atoms with van der Waals surface area (Å²) < 4.78 is 11.8. The van der Waals surface area contributed by atoms with Gasteiger partial charge in [0, 0.05) is 13.0 Å². The van der Waals surface area contributed by atoms with E-state index in [1.54, 1.807) is 0 Å². The minimum Gasteiger partial charge on any atom is -0.459 e. The number of rotatable bonds is 8. The summed E-state index contributed by atoms with van der Waals surface area (Å²) in [4.78, 5) is 12.4. The highest BCUT2D eigenvalue weighted by Gasteiger charge is 2.30. The van der Waals surface area contributed by atoms with Crippen LogP contribution in [0.15, 0.2) is 36.1 Å². The summed E-state index contributed by atoms with van der Waals surface area (Å²) in [5.74, 6) is 1.56. The lowest BCUT2D eigenvalue weighted by atomic mass is 9.90. The Bertz CT molecular complexity index is 634. The number of ether oxygens (including phenoxy) is 2. The molecule has 2 N–H and O–H groups in total. The highest BCUT2D eigenvalue weighted by Crippen LogP contribution is 2.30. The van der Waals surface area contributed by atoms with Crippen molar-refractivity contribution in [3.8, 4) is 0 Å². The number of aliphatic hydroxyl groups excluding tert-OH is 1. The number of benzene rings is 1. The van der Waals surface area contributed by atoms with Gasteiger partial charge in [0.25, 0.3) is 5.91 Å². The first-order chi connectivity index (χ1) is 12.5. The predicted molar refractivity (Wildman–Crippen MR) is 98.8 cm³/mol. The molecule has 2 aliphatic rings. The molecule has 0 bridgehead atoms. The van der Waals surface area contributed by atoms with Crippen molar-refractivity contribution in [2.45, 2.75) is 52.6 Å². The van der Waals surface area contributed by atoms with Gasteiger partial charge in [0.1, 0.15) is 0 Å². The zero-order valence-electron chi connectivity index (χ0n) is 15.6. The van der Waals surface area contributed by atoms with E-state index in [2.05, 4.69) is 19.2 Å². The van der Waals surface area contributed by atoms with Gasteiger partial charge in [0.2, 0.25) is 6.29 Å². The number of nitrogens with one attached hydrogen (secondary N) is 1. The van der Waals surface area contributed by atoms with Crippen molar-refractivity contribution in [2.24, 2.45) is 17.8 Å². The van der Waals surface area contributed by atoms with E-state index in [0.29, 0.717) is 24.2 Å². The van der Waals surface area contributed by atoms with E-state index in [0.717, 1.165) is 24.1 Å². The lowest BCUT2D eigenvalue weighted by Gasteiger charge is -2.31. The van der Waals surface area contributed by atoms with Crippen LogP contribution in [0.3, 0.4) is 0 Å². The molecular weight excluding hydrogens is 330 g/mol. The van der Waals surface area contributed by atoms with Crippen LogP contribution in [0.5, 0.6) is 0 Å². The summed E-state index contributed by atoms with van der Waals surface area (Å²) in [5.41, 5.74) is 1.89. The first kappa shape index (κ1) is 18.9. The predicted octanol–water partition coefficient (Wildman–Crippen LogP) is 3.12. The van der Waals surface area contributed by atoms with Gasteiger partial charge in [0.15, 0.2) is 5.76 Å². The molecule has 1 heterocycles. The number of allylic oxidation sites excluding steroid dienone is 1. The van der Waals surface area contributed by atoms with Crippen LogP contribution in [0.1, 0.15) is 44.2 Å². The van der Waals surface area contributed by atoms with Gasteiger partial charge in [-0.25, -0.2) is 0 Å². The lowest BCUT2D eigenvalue weighted by Crippen LogP contribution is -2.35. The molecule has 142 valence electrons. The van der Waals surface area contributed by atoms with Gasteiger partial charge in [-0.2, -0.15) is 0 Å². The fourth-order valence-electron chi connectivity index (χ4n) is 2.99. The van der Waals surface area contributed by atoms with Crippen molar-refractivity contribution in [3.05, 3.63) is 47.2 Å². The van der Waals surface area contributed by atoms with E-state index in [1.165, 1.54) is 12.8 Å². The Morgan fingerprint density at radius 1 is 1.27 bits per heavy atom. The van der Waals surface area contributed by atoms with Crippen LogP contribution in [-0.2, 0) is 27.5 Å². The van der Waals surface area contributed by atoms with Crippen LogP contribution >= 0.6 is 0 Å². The maximum atomic E-state index is 12.4. The van der Waals surface area contributed by atoms with Crippen LogP contribution in [0.4, 0.5) is 0 Å². The van der Waals surface area contributed by atoms with Gasteiger partial charge in [-0.1, -0.05) is 38.1 Å². The SMILES string of the molecule is CC(C)[C@H]1C=C(C(=O)NCC2CC2)O[C@@H](OCc2ccc(CO)cc2)C1. The van der Waals surface area contributed by atoms with E-state index in [-0.39, 0.29) is 18.4 Å². The van der Waals surface area contributed by atoms with Crippen LogP contribution in [0.25, 0.3) is 0 Å². The van der Waals surface area contributed by atoms with Gasteiger partial charge in [-0.05, 0) is 47.8 Å². The molecule has 1 aliphatic carbocycles. The molecule has 1 saturated carbocycles. The molecule has 0 unspecified atom stereocenters. The molecule has 0 radical (unpaired) electrons. The zero-order valence-corrected chi connectivity index (χ0v) is 15.6. The van der Waals surface area contributed by atoms with Crippen molar-refractivity contribution in [3.63, 3.8) is 0 Å². The summed E-state index contributed by atoms with van der Waals surface area (Å²) in [5, 5.41) is 12.1. The molecule has 0 spiro atoms. The second-order valence-electron chi connectivity index (χ2n) is 7.66. The van der Waals surface area contributed by atoms with Crippen LogP contribution in [0, 0.1) is 17.8 Å². The third-order valence-electron chi connectivity index (χ3n) is 5.06. The maximum Gasteiger partial charge on any atom is 0.286 e. The number of hydrogen-bond donors (Lipinski definition) is 2. The van der Waals surface area contributed by atoms with Gasteiger partial charge in [-0.15, -0.1) is 0 Å². The first-order valence-electron chi connectivity index (χ1n) is 9.52. The fourth-order valence-corrected chi connectivity index (χ4v) is 2.99. The quantitative estimate of drug-likeness (QED) is 0.748. The van der Waals surface area contributed by atoms with Crippen molar-refractivity contribution < 1.29 is 19.4 Å². The molecule has 1 fully saturated rings. The Hall–Kier alpha value is -1.85. The smallest absolute Gasteiger partial charge is 0.286 e. The molecule has 26 heavy (non-hydrogen) atoms. The summed E-state index contributed by atoms with van der Waals surface area (Å²) in [6, 6.07) is 7.64. The summed E-state index contributed by atoms with van der Waals surface area (Å²) >= 11 is 0. The van der Waals surface area contributed by atoms with Crippen LogP contribution in [-0.4, -0.2) is 23.8 Å². The molecule has 1 aromatic rings. The zero-order chi connectivity index (χ0) is 18.5. The van der Waals surface area contributed by atoms with Crippen LogP contribution in [0.2, 0.25) is 0 Å². The topological polar surface area (TPSA) is 67.8 Å². The monoisotopic (exact) mass is 359 g/mol. The molecule has 3 rings (SSSR count).